The van der Waals surface area contributed by atoms with Gasteiger partial charge in [-0.3, -0.25) is 4.79 Å². The van der Waals surface area contributed by atoms with E-state index in [0.717, 1.165) is 30.6 Å². The van der Waals surface area contributed by atoms with Crippen LogP contribution in [0.3, 0.4) is 0 Å². The number of amides is 1. The summed E-state index contributed by atoms with van der Waals surface area (Å²) >= 11 is 0. The molecule has 1 aromatic rings. The van der Waals surface area contributed by atoms with Crippen LogP contribution in [0.25, 0.3) is 5.57 Å². The number of likely N-dealkylation sites (N-methyl/N-ethyl adjacent to an activating group) is 1. The van der Waals surface area contributed by atoms with Crippen molar-refractivity contribution in [2.45, 2.75) is 27.2 Å². The van der Waals surface area contributed by atoms with Crippen LogP contribution >= 0.6 is 0 Å². The number of carbonyl (C=O) groups is 1. The largest absolute Gasteiger partial charge is 0.339 e. The molecule has 0 spiro atoms. The van der Waals surface area contributed by atoms with Gasteiger partial charge in [-0.1, -0.05) is 37.3 Å². The van der Waals surface area contributed by atoms with Crippen LogP contribution in [0.15, 0.2) is 42.1 Å². The minimum Gasteiger partial charge on any atom is -0.339 e. The van der Waals surface area contributed by atoms with Crippen LogP contribution in [0.2, 0.25) is 0 Å². The maximum absolute atomic E-state index is 11.9. The average molecular weight is 243 g/mol. The van der Waals surface area contributed by atoms with Gasteiger partial charge in [0.05, 0.1) is 0 Å². The van der Waals surface area contributed by atoms with Gasteiger partial charge in [0.1, 0.15) is 0 Å². The Morgan fingerprint density at radius 2 is 1.78 bits per heavy atom. The van der Waals surface area contributed by atoms with Crippen molar-refractivity contribution in [3.8, 4) is 0 Å². The molecule has 0 radical (unpaired) electrons. The van der Waals surface area contributed by atoms with Crippen molar-refractivity contribution in [2.24, 2.45) is 0 Å². The van der Waals surface area contributed by atoms with Gasteiger partial charge in [-0.25, -0.2) is 0 Å². The Morgan fingerprint density at radius 1 is 1.17 bits per heavy atom. The molecule has 1 aromatic carbocycles. The first-order valence-electron chi connectivity index (χ1n) is 6.52. The van der Waals surface area contributed by atoms with Gasteiger partial charge < -0.3 is 4.90 Å². The summed E-state index contributed by atoms with van der Waals surface area (Å²) in [7, 11) is 0. The summed E-state index contributed by atoms with van der Waals surface area (Å²) in [5.74, 6) is 0.0295. The summed E-state index contributed by atoms with van der Waals surface area (Å²) in [4.78, 5) is 13.6. The zero-order chi connectivity index (χ0) is 13.4. The normalized spacial score (nSPS) is 9.50. The van der Waals surface area contributed by atoms with E-state index in [-0.39, 0.29) is 5.91 Å². The number of rotatable bonds is 5. The third-order valence-electron chi connectivity index (χ3n) is 2.92. The highest BCUT2D eigenvalue weighted by atomic mass is 16.2. The fraction of sp³-hybridized carbons (Fsp3) is 0.375. The summed E-state index contributed by atoms with van der Waals surface area (Å²) in [5.41, 5.74) is 5.33. The lowest BCUT2D eigenvalue weighted by molar-refractivity contribution is -0.125. The monoisotopic (exact) mass is 243 g/mol. The lowest BCUT2D eigenvalue weighted by atomic mass is 10.0. The van der Waals surface area contributed by atoms with Crippen LogP contribution in [-0.2, 0) is 4.79 Å². The molecular weight excluding hydrogens is 222 g/mol. The lowest BCUT2D eigenvalue weighted by Crippen LogP contribution is -2.28. The quantitative estimate of drug-likeness (QED) is 0.572. The molecule has 96 valence electrons. The van der Waals surface area contributed by atoms with Gasteiger partial charge in [-0.2, -0.15) is 0 Å². The SMILES string of the molecule is CCC(=C=CC(=O)N(CC)CC)c1ccccc1. The van der Waals surface area contributed by atoms with E-state index in [4.69, 9.17) is 0 Å². The van der Waals surface area contributed by atoms with E-state index in [1.807, 2.05) is 44.2 Å². The minimum atomic E-state index is 0.0295. The number of benzene rings is 1. The maximum atomic E-state index is 11.9. The molecule has 1 amide bonds. The number of nitrogens with zero attached hydrogens (tertiary/aromatic N) is 1. The predicted octanol–water partition coefficient (Wildman–Crippen LogP) is 3.50. The lowest BCUT2D eigenvalue weighted by Gasteiger charge is -2.15. The average Bonchev–Trinajstić information content (AvgIpc) is 2.42. The Hall–Kier alpha value is -1.79. The maximum Gasteiger partial charge on any atom is 0.254 e. The standard InChI is InChI=1S/C16H21NO/c1-4-14(15-10-8-7-9-11-15)12-13-16(18)17(5-2)6-3/h7-11,13H,4-6H2,1-3H3. The molecule has 0 bridgehead atoms. The van der Waals surface area contributed by atoms with Gasteiger partial charge in [0, 0.05) is 24.7 Å². The first-order chi connectivity index (χ1) is 8.72. The van der Waals surface area contributed by atoms with E-state index in [9.17, 15) is 4.79 Å². The van der Waals surface area contributed by atoms with Crippen molar-refractivity contribution in [3.63, 3.8) is 0 Å². The molecule has 0 heterocycles. The van der Waals surface area contributed by atoms with Gasteiger partial charge in [-0.15, -0.1) is 5.73 Å². The van der Waals surface area contributed by atoms with Crippen LogP contribution in [0.5, 0.6) is 0 Å². The molecule has 0 aliphatic heterocycles. The first-order valence-corrected chi connectivity index (χ1v) is 6.52. The van der Waals surface area contributed by atoms with Crippen molar-refractivity contribution in [2.75, 3.05) is 13.1 Å². The Bertz CT molecular complexity index is 437. The summed E-state index contributed by atoms with van der Waals surface area (Å²) in [6, 6.07) is 10.1. The molecule has 2 nitrogen and oxygen atoms in total. The van der Waals surface area contributed by atoms with Gasteiger partial charge in [0.25, 0.3) is 5.91 Å². The highest BCUT2D eigenvalue weighted by molar-refractivity contribution is 5.88. The Labute approximate surface area is 110 Å². The molecule has 18 heavy (non-hydrogen) atoms. The van der Waals surface area contributed by atoms with Crippen molar-refractivity contribution >= 4 is 11.5 Å². The summed E-state index contributed by atoms with van der Waals surface area (Å²) in [6.45, 7) is 7.51. The van der Waals surface area contributed by atoms with E-state index in [1.165, 1.54) is 0 Å². The molecule has 0 saturated heterocycles. The van der Waals surface area contributed by atoms with Crippen LogP contribution in [0.4, 0.5) is 0 Å². The van der Waals surface area contributed by atoms with Crippen LogP contribution < -0.4 is 0 Å². The van der Waals surface area contributed by atoms with E-state index in [1.54, 1.807) is 11.0 Å². The highest BCUT2D eigenvalue weighted by Crippen LogP contribution is 2.15. The molecule has 1 rings (SSSR count). The molecular formula is C16H21NO. The number of carbonyl (C=O) groups excluding carboxylic acids is 1. The van der Waals surface area contributed by atoms with Gasteiger partial charge in [-0.05, 0) is 25.8 Å². The topological polar surface area (TPSA) is 20.3 Å². The summed E-state index contributed by atoms with van der Waals surface area (Å²) in [5, 5.41) is 0. The van der Waals surface area contributed by atoms with Crippen LogP contribution in [0, 0.1) is 0 Å². The zero-order valence-corrected chi connectivity index (χ0v) is 11.4. The van der Waals surface area contributed by atoms with Crippen LogP contribution in [-0.4, -0.2) is 23.9 Å². The van der Waals surface area contributed by atoms with Gasteiger partial charge >= 0.3 is 0 Å². The van der Waals surface area contributed by atoms with E-state index in [0.29, 0.717) is 0 Å². The molecule has 0 N–H and O–H groups in total. The third kappa shape index (κ3) is 3.90. The number of hydrogen-bond acceptors (Lipinski definition) is 1. The zero-order valence-electron chi connectivity index (χ0n) is 11.4. The van der Waals surface area contributed by atoms with Gasteiger partial charge in [0.2, 0.25) is 0 Å². The minimum absolute atomic E-state index is 0.0295. The Balaban J connectivity index is 2.95. The van der Waals surface area contributed by atoms with Crippen molar-refractivity contribution in [3.05, 3.63) is 47.7 Å². The summed E-state index contributed by atoms with van der Waals surface area (Å²) < 4.78 is 0. The Kier molecular flexibility index (Phi) is 5.96. The second-order valence-corrected chi connectivity index (χ2v) is 4.00. The van der Waals surface area contributed by atoms with Crippen molar-refractivity contribution < 1.29 is 4.79 Å². The molecule has 0 fully saturated rings. The van der Waals surface area contributed by atoms with Gasteiger partial charge in [0.15, 0.2) is 0 Å². The molecule has 0 aliphatic carbocycles. The van der Waals surface area contributed by atoms with Crippen LogP contribution in [0.1, 0.15) is 32.8 Å². The van der Waals surface area contributed by atoms with E-state index >= 15 is 0 Å². The van der Waals surface area contributed by atoms with E-state index in [2.05, 4.69) is 12.7 Å². The smallest absolute Gasteiger partial charge is 0.254 e. The fourth-order valence-corrected chi connectivity index (χ4v) is 1.80. The van der Waals surface area contributed by atoms with Crippen molar-refractivity contribution in [1.29, 1.82) is 0 Å². The molecule has 0 saturated carbocycles. The molecule has 0 unspecified atom stereocenters. The van der Waals surface area contributed by atoms with E-state index < -0.39 is 0 Å². The second kappa shape index (κ2) is 7.52. The molecule has 0 aliphatic rings. The first kappa shape index (κ1) is 14.3. The molecule has 0 atom stereocenters. The summed E-state index contributed by atoms with van der Waals surface area (Å²) in [6.07, 6.45) is 2.42. The number of hydrogen-bond donors (Lipinski definition) is 0. The molecule has 2 heteroatoms. The fourth-order valence-electron chi connectivity index (χ4n) is 1.80. The second-order valence-electron chi connectivity index (χ2n) is 4.00. The third-order valence-corrected chi connectivity index (χ3v) is 2.92. The Morgan fingerprint density at radius 3 is 2.28 bits per heavy atom. The highest BCUT2D eigenvalue weighted by Gasteiger charge is 2.04. The molecule has 0 aromatic heterocycles. The predicted molar refractivity (Wildman–Crippen MR) is 76.2 cm³/mol. The van der Waals surface area contributed by atoms with Crippen molar-refractivity contribution in [1.82, 2.24) is 4.90 Å².